The number of hydrogen-bond donors (Lipinski definition) is 2. The number of oxazole rings is 1. The lowest BCUT2D eigenvalue weighted by Gasteiger charge is -2.29. The molecule has 9 nitrogen and oxygen atoms in total. The lowest BCUT2D eigenvalue weighted by atomic mass is 9.83. The Labute approximate surface area is 219 Å². The molecule has 2 aliphatic rings. The predicted octanol–water partition coefficient (Wildman–Crippen LogP) is 3.08. The summed E-state index contributed by atoms with van der Waals surface area (Å²) < 4.78 is 11.1. The van der Waals surface area contributed by atoms with Gasteiger partial charge in [0.05, 0.1) is 25.3 Å². The van der Waals surface area contributed by atoms with Crippen molar-refractivity contribution in [2.45, 2.75) is 63.8 Å². The molecule has 0 spiro atoms. The fraction of sp³-hybridized carbons (Fsp3) is 0.607. The first-order chi connectivity index (χ1) is 18.0. The maximum absolute atomic E-state index is 13.5. The first-order valence-electron chi connectivity index (χ1n) is 13.6. The number of nitrogens with two attached hydrogens (primary N) is 1. The zero-order valence-corrected chi connectivity index (χ0v) is 21.8. The molecule has 0 aliphatic carbocycles. The standard InChI is InChI=1S/C28H40N4O5/c1-2-3-13-31(14-5-4-11-29)26(33)19-32-18-22(20-6-8-24-21(17-20)10-15-36-24)27(28(34)35)23(32)7-9-25-30-12-16-37-25/h6,8,12,16-17,22-23,27H,2-5,7,9-11,13-15,18-19,29H2,1H3,(H,34,35)/t22-,23+,27-/m1/s1. The molecule has 2 aliphatic heterocycles. The molecule has 3 heterocycles. The van der Waals surface area contributed by atoms with Gasteiger partial charge in [-0.05, 0) is 49.4 Å². The third kappa shape index (κ3) is 6.70. The van der Waals surface area contributed by atoms with Crippen LogP contribution in [0.5, 0.6) is 5.75 Å². The number of nitrogens with zero attached hydrogens (tertiary/aromatic N) is 3. The summed E-state index contributed by atoms with van der Waals surface area (Å²) in [7, 11) is 0. The minimum atomic E-state index is -0.833. The molecular weight excluding hydrogens is 472 g/mol. The van der Waals surface area contributed by atoms with Crippen molar-refractivity contribution in [3.05, 3.63) is 47.7 Å². The van der Waals surface area contributed by atoms with Crippen molar-refractivity contribution in [3.8, 4) is 5.75 Å². The average Bonchev–Trinajstić information content (AvgIpc) is 3.64. The molecule has 9 heteroatoms. The van der Waals surface area contributed by atoms with Gasteiger partial charge in [0, 0.05) is 44.4 Å². The van der Waals surface area contributed by atoms with E-state index < -0.39 is 11.9 Å². The van der Waals surface area contributed by atoms with Crippen LogP contribution in [0.4, 0.5) is 0 Å². The van der Waals surface area contributed by atoms with Crippen LogP contribution in [0, 0.1) is 5.92 Å². The Morgan fingerprint density at radius 1 is 1.24 bits per heavy atom. The highest BCUT2D eigenvalue weighted by atomic mass is 16.5. The Balaban J connectivity index is 1.56. The smallest absolute Gasteiger partial charge is 0.308 e. The maximum Gasteiger partial charge on any atom is 0.308 e. The van der Waals surface area contributed by atoms with E-state index >= 15 is 0 Å². The summed E-state index contributed by atoms with van der Waals surface area (Å²) in [5, 5.41) is 10.4. The molecule has 3 atom stereocenters. The molecule has 1 saturated heterocycles. The summed E-state index contributed by atoms with van der Waals surface area (Å²) in [6, 6.07) is 5.73. The Kier molecular flexibility index (Phi) is 9.57. The van der Waals surface area contributed by atoms with Gasteiger partial charge in [-0.25, -0.2) is 4.98 Å². The summed E-state index contributed by atoms with van der Waals surface area (Å²) in [6.07, 6.45) is 8.74. The molecular formula is C28H40N4O5. The zero-order valence-electron chi connectivity index (χ0n) is 21.8. The van der Waals surface area contributed by atoms with E-state index in [0.717, 1.165) is 49.0 Å². The fourth-order valence-electron chi connectivity index (χ4n) is 5.71. The van der Waals surface area contributed by atoms with Crippen LogP contribution in [-0.4, -0.2) is 77.1 Å². The van der Waals surface area contributed by atoms with Crippen LogP contribution in [0.3, 0.4) is 0 Å². The highest BCUT2D eigenvalue weighted by Crippen LogP contribution is 2.41. The van der Waals surface area contributed by atoms with E-state index in [1.807, 2.05) is 17.0 Å². The monoisotopic (exact) mass is 512 g/mol. The quantitative estimate of drug-likeness (QED) is 0.370. The predicted molar refractivity (Wildman–Crippen MR) is 139 cm³/mol. The largest absolute Gasteiger partial charge is 0.493 e. The van der Waals surface area contributed by atoms with Crippen LogP contribution in [0.15, 0.2) is 35.1 Å². The van der Waals surface area contributed by atoms with E-state index in [0.29, 0.717) is 51.5 Å². The van der Waals surface area contributed by atoms with E-state index in [2.05, 4.69) is 22.9 Å². The number of rotatable bonds is 14. The van der Waals surface area contributed by atoms with Gasteiger partial charge in [0.1, 0.15) is 12.0 Å². The minimum Gasteiger partial charge on any atom is -0.493 e. The first-order valence-corrected chi connectivity index (χ1v) is 13.6. The highest BCUT2D eigenvalue weighted by Gasteiger charge is 2.47. The van der Waals surface area contributed by atoms with Gasteiger partial charge in [-0.1, -0.05) is 25.5 Å². The molecule has 1 amide bonds. The lowest BCUT2D eigenvalue weighted by Crippen LogP contribution is -2.45. The number of aliphatic carboxylic acids is 1. The van der Waals surface area contributed by atoms with Crippen molar-refractivity contribution >= 4 is 11.9 Å². The molecule has 1 fully saturated rings. The van der Waals surface area contributed by atoms with E-state index in [4.69, 9.17) is 14.9 Å². The second-order valence-corrected chi connectivity index (χ2v) is 10.1. The Morgan fingerprint density at radius 2 is 2.08 bits per heavy atom. The van der Waals surface area contributed by atoms with Gasteiger partial charge in [-0.2, -0.15) is 0 Å². The number of benzene rings is 1. The van der Waals surface area contributed by atoms with Crippen molar-refractivity contribution in [2.75, 3.05) is 39.3 Å². The van der Waals surface area contributed by atoms with Crippen LogP contribution in [-0.2, 0) is 22.4 Å². The van der Waals surface area contributed by atoms with Crippen molar-refractivity contribution < 1.29 is 23.8 Å². The van der Waals surface area contributed by atoms with Gasteiger partial charge in [0.25, 0.3) is 0 Å². The topological polar surface area (TPSA) is 122 Å². The number of carboxylic acid groups (broad SMARTS) is 1. The van der Waals surface area contributed by atoms with E-state index in [-0.39, 0.29) is 24.4 Å². The average molecular weight is 513 g/mol. The van der Waals surface area contributed by atoms with Crippen LogP contribution >= 0.6 is 0 Å². The number of aromatic nitrogens is 1. The molecule has 0 unspecified atom stereocenters. The highest BCUT2D eigenvalue weighted by molar-refractivity contribution is 5.79. The molecule has 2 aromatic rings. The third-order valence-corrected chi connectivity index (χ3v) is 7.67. The molecule has 3 N–H and O–H groups in total. The summed E-state index contributed by atoms with van der Waals surface area (Å²) in [4.78, 5) is 34.4. The van der Waals surface area contributed by atoms with E-state index in [1.165, 1.54) is 6.26 Å². The summed E-state index contributed by atoms with van der Waals surface area (Å²) in [6.45, 7) is 5.50. The third-order valence-electron chi connectivity index (χ3n) is 7.67. The number of carboxylic acids is 1. The van der Waals surface area contributed by atoms with Crippen molar-refractivity contribution in [1.29, 1.82) is 0 Å². The zero-order chi connectivity index (χ0) is 26.2. The fourth-order valence-corrected chi connectivity index (χ4v) is 5.71. The number of likely N-dealkylation sites (tertiary alicyclic amines) is 1. The molecule has 37 heavy (non-hydrogen) atoms. The number of aryl methyl sites for hydroxylation is 1. The molecule has 0 radical (unpaired) electrons. The molecule has 1 aromatic carbocycles. The van der Waals surface area contributed by atoms with Gasteiger partial charge >= 0.3 is 5.97 Å². The molecule has 0 bridgehead atoms. The van der Waals surface area contributed by atoms with Gasteiger partial charge < -0.3 is 24.9 Å². The number of fused-ring (bicyclic) bond motifs is 1. The summed E-state index contributed by atoms with van der Waals surface area (Å²) in [5.41, 5.74) is 7.80. The number of hydrogen-bond acceptors (Lipinski definition) is 7. The summed E-state index contributed by atoms with van der Waals surface area (Å²) in [5.74, 6) is -0.166. The van der Waals surface area contributed by atoms with Crippen LogP contribution < -0.4 is 10.5 Å². The Morgan fingerprint density at radius 3 is 2.81 bits per heavy atom. The molecule has 4 rings (SSSR count). The number of amides is 1. The second-order valence-electron chi connectivity index (χ2n) is 10.1. The number of ether oxygens (including phenoxy) is 1. The normalized spacial score (nSPS) is 21.1. The Bertz CT molecular complexity index is 1030. The lowest BCUT2D eigenvalue weighted by molar-refractivity contribution is -0.143. The first kappa shape index (κ1) is 27.1. The number of carbonyl (C=O) groups excluding carboxylic acids is 1. The molecule has 1 aromatic heterocycles. The maximum atomic E-state index is 13.5. The van der Waals surface area contributed by atoms with Crippen molar-refractivity contribution in [2.24, 2.45) is 11.7 Å². The van der Waals surface area contributed by atoms with Crippen LogP contribution in [0.2, 0.25) is 0 Å². The van der Waals surface area contributed by atoms with Crippen molar-refractivity contribution in [3.63, 3.8) is 0 Å². The van der Waals surface area contributed by atoms with Crippen LogP contribution in [0.25, 0.3) is 0 Å². The summed E-state index contributed by atoms with van der Waals surface area (Å²) >= 11 is 0. The Hall–Kier alpha value is -2.91. The number of unbranched alkanes of at least 4 members (excludes halogenated alkanes) is 2. The van der Waals surface area contributed by atoms with Gasteiger partial charge in [-0.15, -0.1) is 0 Å². The van der Waals surface area contributed by atoms with Gasteiger partial charge in [0.15, 0.2) is 5.89 Å². The second kappa shape index (κ2) is 13.1. The minimum absolute atomic E-state index is 0.0544. The van der Waals surface area contributed by atoms with Crippen LogP contribution in [0.1, 0.15) is 62.0 Å². The van der Waals surface area contributed by atoms with Crippen molar-refractivity contribution in [1.82, 2.24) is 14.8 Å². The van der Waals surface area contributed by atoms with E-state index in [9.17, 15) is 14.7 Å². The molecule has 202 valence electrons. The van der Waals surface area contributed by atoms with E-state index in [1.54, 1.807) is 6.20 Å². The SMILES string of the molecule is CCCCN(CCCCN)C(=O)CN1C[C@H](c2ccc3c(c2)CCO3)[C@@H](C(=O)O)[C@@H]1CCc1ncco1. The van der Waals surface area contributed by atoms with Gasteiger partial charge in [-0.3, -0.25) is 14.5 Å². The van der Waals surface area contributed by atoms with Gasteiger partial charge in [0.2, 0.25) is 5.91 Å². The molecule has 0 saturated carbocycles. The number of carbonyl (C=O) groups is 2.